The standard InChI is InChI=1S/C22H24N6O2/c1-12-9-17(19(29)7-8-20-24-13(2)27-28-20)26-21(12)14-5-6-16-15(10-14)11-18(25-16)22(23-3)30-4/h5-6,10-11,25H,7-9H2,1-4H3,(H,24,27,28). The van der Waals surface area contributed by atoms with Crippen LogP contribution in [0.15, 0.2) is 39.8 Å². The van der Waals surface area contributed by atoms with Crippen LogP contribution in [0.2, 0.25) is 0 Å². The minimum absolute atomic E-state index is 0.0423. The number of nitrogens with zero attached hydrogens (tertiary/aromatic N) is 4. The van der Waals surface area contributed by atoms with Crippen molar-refractivity contribution >= 4 is 34.0 Å². The number of Topliss-reactive ketones (excluding diaryl/α,β-unsaturated/α-hetero) is 1. The zero-order chi connectivity index (χ0) is 21.3. The summed E-state index contributed by atoms with van der Waals surface area (Å²) in [4.78, 5) is 29.0. The summed E-state index contributed by atoms with van der Waals surface area (Å²) in [5, 5.41) is 7.93. The van der Waals surface area contributed by atoms with E-state index in [1.807, 2.05) is 32.0 Å². The number of fused-ring (bicyclic) bond motifs is 1. The molecule has 1 aliphatic rings. The third-order valence-electron chi connectivity index (χ3n) is 5.15. The summed E-state index contributed by atoms with van der Waals surface area (Å²) < 4.78 is 5.30. The van der Waals surface area contributed by atoms with Crippen molar-refractivity contribution in [1.29, 1.82) is 0 Å². The van der Waals surface area contributed by atoms with Gasteiger partial charge in [-0.15, -0.1) is 0 Å². The van der Waals surface area contributed by atoms with E-state index in [-0.39, 0.29) is 5.78 Å². The molecule has 1 aromatic carbocycles. The van der Waals surface area contributed by atoms with Crippen LogP contribution in [0.25, 0.3) is 16.6 Å². The van der Waals surface area contributed by atoms with E-state index in [1.165, 1.54) is 0 Å². The Hall–Kier alpha value is -3.55. The molecule has 0 aliphatic carbocycles. The van der Waals surface area contributed by atoms with E-state index in [0.717, 1.165) is 39.3 Å². The number of H-pyrrole nitrogens is 2. The number of nitrogens with one attached hydrogen (secondary N) is 2. The fraction of sp³-hybridized carbons (Fsp3) is 0.318. The van der Waals surface area contributed by atoms with Gasteiger partial charge in [0.25, 0.3) is 0 Å². The highest BCUT2D eigenvalue weighted by Crippen LogP contribution is 2.31. The summed E-state index contributed by atoms with van der Waals surface area (Å²) in [6.07, 6.45) is 1.44. The molecule has 0 saturated carbocycles. The van der Waals surface area contributed by atoms with E-state index in [4.69, 9.17) is 4.74 Å². The molecule has 154 valence electrons. The predicted molar refractivity (Wildman–Crippen MR) is 117 cm³/mol. The van der Waals surface area contributed by atoms with Crippen molar-refractivity contribution in [1.82, 2.24) is 20.2 Å². The molecular weight excluding hydrogens is 380 g/mol. The fourth-order valence-electron chi connectivity index (χ4n) is 3.66. The highest BCUT2D eigenvalue weighted by Gasteiger charge is 2.22. The van der Waals surface area contributed by atoms with Crippen molar-refractivity contribution in [3.05, 3.63) is 52.7 Å². The molecule has 0 bridgehead atoms. The second-order valence-corrected chi connectivity index (χ2v) is 7.34. The average molecular weight is 404 g/mol. The normalized spacial score (nSPS) is 14.5. The summed E-state index contributed by atoms with van der Waals surface area (Å²) in [6, 6.07) is 8.11. The Morgan fingerprint density at radius 3 is 2.80 bits per heavy atom. The lowest BCUT2D eigenvalue weighted by molar-refractivity contribution is -0.113. The first-order chi connectivity index (χ1) is 14.5. The highest BCUT2D eigenvalue weighted by atomic mass is 16.5. The number of hydrogen-bond acceptors (Lipinski definition) is 6. The Balaban J connectivity index is 1.54. The molecule has 3 heterocycles. The van der Waals surface area contributed by atoms with E-state index < -0.39 is 0 Å². The second-order valence-electron chi connectivity index (χ2n) is 7.34. The first-order valence-corrected chi connectivity index (χ1v) is 9.81. The molecule has 2 N–H and O–H groups in total. The molecule has 0 fully saturated rings. The summed E-state index contributed by atoms with van der Waals surface area (Å²) in [5.74, 6) is 2.00. The second kappa shape index (κ2) is 8.06. The molecule has 8 nitrogen and oxygen atoms in total. The largest absolute Gasteiger partial charge is 0.480 e. The maximum absolute atomic E-state index is 12.6. The van der Waals surface area contributed by atoms with Gasteiger partial charge in [0.1, 0.15) is 11.5 Å². The number of aromatic nitrogens is 4. The van der Waals surface area contributed by atoms with Crippen LogP contribution in [0.1, 0.15) is 42.7 Å². The van der Waals surface area contributed by atoms with Crippen LogP contribution in [0, 0.1) is 6.92 Å². The molecule has 0 saturated heterocycles. The Bertz CT molecular complexity index is 1210. The molecule has 3 aromatic rings. The number of carbonyl (C=O) groups excluding carboxylic acids is 1. The van der Waals surface area contributed by atoms with Gasteiger partial charge in [-0.05, 0) is 37.6 Å². The predicted octanol–water partition coefficient (Wildman–Crippen LogP) is 3.39. The molecular formula is C22H24N6O2. The van der Waals surface area contributed by atoms with Crippen molar-refractivity contribution in [2.75, 3.05) is 14.2 Å². The molecule has 0 spiro atoms. The first kappa shape index (κ1) is 19.8. The van der Waals surface area contributed by atoms with Crippen molar-refractivity contribution in [3.8, 4) is 0 Å². The van der Waals surface area contributed by atoms with Crippen LogP contribution < -0.4 is 0 Å². The number of ether oxygens (including phenoxy) is 1. The van der Waals surface area contributed by atoms with E-state index in [9.17, 15) is 4.79 Å². The first-order valence-electron chi connectivity index (χ1n) is 9.81. The van der Waals surface area contributed by atoms with Gasteiger partial charge in [0.2, 0.25) is 5.90 Å². The summed E-state index contributed by atoms with van der Waals surface area (Å²) in [5.41, 5.74) is 5.37. The van der Waals surface area contributed by atoms with Crippen LogP contribution in [-0.4, -0.2) is 51.7 Å². The Kier molecular flexibility index (Phi) is 5.31. The number of aliphatic imine (C=N–C) groups is 2. The van der Waals surface area contributed by atoms with Crippen LogP contribution >= 0.6 is 0 Å². The number of ketones is 1. The highest BCUT2D eigenvalue weighted by molar-refractivity contribution is 6.42. The third-order valence-corrected chi connectivity index (χ3v) is 5.15. The smallest absolute Gasteiger partial charge is 0.232 e. The number of allylic oxidation sites excluding steroid dienone is 1. The van der Waals surface area contributed by atoms with E-state index in [1.54, 1.807) is 14.2 Å². The zero-order valence-electron chi connectivity index (χ0n) is 17.5. The van der Waals surface area contributed by atoms with Gasteiger partial charge in [-0.1, -0.05) is 6.07 Å². The molecule has 0 radical (unpaired) electrons. The summed E-state index contributed by atoms with van der Waals surface area (Å²) in [6.45, 7) is 3.87. The SMILES string of the molecule is CN=C(OC)c1cc2cc(C3=C(C)CC(C(=O)CCc4n[nH]c(C)n4)=N3)ccc2[nH]1. The van der Waals surface area contributed by atoms with E-state index in [0.29, 0.717) is 36.7 Å². The molecule has 0 atom stereocenters. The minimum Gasteiger partial charge on any atom is -0.480 e. The van der Waals surface area contributed by atoms with Crippen LogP contribution in [0.5, 0.6) is 0 Å². The maximum atomic E-state index is 12.6. The van der Waals surface area contributed by atoms with Gasteiger partial charge in [-0.2, -0.15) is 5.10 Å². The quantitative estimate of drug-likeness (QED) is 0.485. The number of aryl methyl sites for hydroxylation is 2. The van der Waals surface area contributed by atoms with Crippen molar-refractivity contribution in [3.63, 3.8) is 0 Å². The monoisotopic (exact) mass is 404 g/mol. The maximum Gasteiger partial charge on any atom is 0.232 e. The number of benzene rings is 1. The van der Waals surface area contributed by atoms with Crippen molar-refractivity contribution < 1.29 is 9.53 Å². The van der Waals surface area contributed by atoms with Gasteiger partial charge >= 0.3 is 0 Å². The molecule has 4 rings (SSSR count). The Morgan fingerprint density at radius 2 is 2.10 bits per heavy atom. The Morgan fingerprint density at radius 1 is 1.27 bits per heavy atom. The van der Waals surface area contributed by atoms with Crippen LogP contribution in [0.3, 0.4) is 0 Å². The zero-order valence-corrected chi connectivity index (χ0v) is 17.5. The van der Waals surface area contributed by atoms with E-state index >= 15 is 0 Å². The van der Waals surface area contributed by atoms with Crippen molar-refractivity contribution in [2.45, 2.75) is 33.1 Å². The Labute approximate surface area is 174 Å². The summed E-state index contributed by atoms with van der Waals surface area (Å²) in [7, 11) is 3.29. The van der Waals surface area contributed by atoms with Gasteiger partial charge in [-0.3, -0.25) is 14.9 Å². The fourth-order valence-corrected chi connectivity index (χ4v) is 3.66. The number of aromatic amines is 2. The van der Waals surface area contributed by atoms with Crippen LogP contribution in [-0.2, 0) is 16.0 Å². The average Bonchev–Trinajstić information content (AvgIpc) is 3.44. The molecule has 8 heteroatoms. The third kappa shape index (κ3) is 3.80. The lowest BCUT2D eigenvalue weighted by atomic mass is 10.0. The number of rotatable bonds is 6. The number of carbonyl (C=O) groups is 1. The topological polar surface area (TPSA) is 108 Å². The molecule has 2 aromatic heterocycles. The molecule has 30 heavy (non-hydrogen) atoms. The van der Waals surface area contributed by atoms with E-state index in [2.05, 4.69) is 36.2 Å². The lowest BCUT2D eigenvalue weighted by Crippen LogP contribution is -2.13. The molecule has 0 amide bonds. The van der Waals surface area contributed by atoms with Gasteiger partial charge in [0, 0.05) is 42.8 Å². The molecule has 1 aliphatic heterocycles. The minimum atomic E-state index is 0.0423. The van der Waals surface area contributed by atoms with Gasteiger partial charge in [0.15, 0.2) is 11.6 Å². The van der Waals surface area contributed by atoms with Gasteiger partial charge in [0.05, 0.1) is 18.5 Å². The van der Waals surface area contributed by atoms with Gasteiger partial charge in [-0.25, -0.2) is 9.98 Å². The summed E-state index contributed by atoms with van der Waals surface area (Å²) >= 11 is 0. The van der Waals surface area contributed by atoms with Crippen molar-refractivity contribution in [2.24, 2.45) is 9.98 Å². The van der Waals surface area contributed by atoms with Crippen LogP contribution in [0.4, 0.5) is 0 Å². The number of methoxy groups -OCH3 is 1. The number of hydrogen-bond donors (Lipinski definition) is 2. The van der Waals surface area contributed by atoms with Gasteiger partial charge < -0.3 is 9.72 Å². The molecule has 0 unspecified atom stereocenters. The lowest BCUT2D eigenvalue weighted by Gasteiger charge is -2.02.